The van der Waals surface area contributed by atoms with Gasteiger partial charge in [-0.1, -0.05) is 6.07 Å². The van der Waals surface area contributed by atoms with Crippen molar-refractivity contribution in [1.29, 1.82) is 0 Å². The maximum absolute atomic E-state index is 13.6. The Morgan fingerprint density at radius 3 is 2.94 bits per heavy atom. The highest BCUT2D eigenvalue weighted by atomic mass is 19.1. The number of anilines is 1. The normalized spacial score (nSPS) is 19.0. The Labute approximate surface area is 95.1 Å². The third kappa shape index (κ3) is 1.70. The molecule has 1 unspecified atom stereocenters. The lowest BCUT2D eigenvalue weighted by Gasteiger charge is -2.30. The van der Waals surface area contributed by atoms with Crippen LogP contribution in [0.2, 0.25) is 0 Å². The molecule has 3 heteroatoms. The molecule has 0 bridgehead atoms. The van der Waals surface area contributed by atoms with Crippen LogP contribution >= 0.6 is 0 Å². The summed E-state index contributed by atoms with van der Waals surface area (Å²) in [6.45, 7) is 4.13. The average molecular weight is 221 g/mol. The number of carbonyl (C=O) groups is 1. The average Bonchev–Trinajstić information content (AvgIpc) is 2.58. The number of hydrogen-bond acceptors (Lipinski definition) is 2. The molecule has 0 aliphatic carbocycles. The van der Waals surface area contributed by atoms with Crippen molar-refractivity contribution in [2.24, 2.45) is 0 Å². The van der Waals surface area contributed by atoms with Gasteiger partial charge in [-0.3, -0.25) is 0 Å². The zero-order chi connectivity index (χ0) is 11.7. The Kier molecular flexibility index (Phi) is 2.95. The number of nitrogens with zero attached hydrogens (tertiary/aromatic N) is 1. The first-order valence-corrected chi connectivity index (χ1v) is 5.64. The molecule has 1 atom stereocenters. The summed E-state index contributed by atoms with van der Waals surface area (Å²) in [6, 6.07) is 5.55. The molecule has 86 valence electrons. The second-order valence-corrected chi connectivity index (χ2v) is 4.50. The van der Waals surface area contributed by atoms with Crippen molar-refractivity contribution < 1.29 is 9.18 Å². The van der Waals surface area contributed by atoms with Gasteiger partial charge in [0.05, 0.1) is 0 Å². The topological polar surface area (TPSA) is 20.3 Å². The predicted octanol–water partition coefficient (Wildman–Crippen LogP) is 2.55. The molecule has 1 aliphatic rings. The van der Waals surface area contributed by atoms with Crippen LogP contribution in [0.4, 0.5) is 10.1 Å². The zero-order valence-corrected chi connectivity index (χ0v) is 9.61. The van der Waals surface area contributed by atoms with E-state index in [-0.39, 0.29) is 17.9 Å². The highest BCUT2D eigenvalue weighted by molar-refractivity contribution is 5.63. The summed E-state index contributed by atoms with van der Waals surface area (Å²) >= 11 is 0. The van der Waals surface area contributed by atoms with Crippen molar-refractivity contribution >= 4 is 12.0 Å². The van der Waals surface area contributed by atoms with Gasteiger partial charge in [0.1, 0.15) is 12.1 Å². The third-order valence-corrected chi connectivity index (χ3v) is 3.13. The van der Waals surface area contributed by atoms with E-state index in [0.717, 1.165) is 17.5 Å². The lowest BCUT2D eigenvalue weighted by molar-refractivity contribution is -0.108. The van der Waals surface area contributed by atoms with E-state index in [0.29, 0.717) is 12.8 Å². The summed E-state index contributed by atoms with van der Waals surface area (Å²) < 4.78 is 13.6. The minimum absolute atomic E-state index is 0.115. The summed E-state index contributed by atoms with van der Waals surface area (Å²) in [5, 5.41) is 0. The molecule has 0 aromatic heterocycles. The summed E-state index contributed by atoms with van der Waals surface area (Å²) in [6.07, 6.45) is 2.02. The molecule has 1 aliphatic heterocycles. The van der Waals surface area contributed by atoms with Crippen LogP contribution in [-0.4, -0.2) is 18.4 Å². The van der Waals surface area contributed by atoms with Gasteiger partial charge in [0.2, 0.25) is 0 Å². The molecule has 0 spiro atoms. The van der Waals surface area contributed by atoms with E-state index in [4.69, 9.17) is 0 Å². The zero-order valence-electron chi connectivity index (χ0n) is 9.61. The number of fused-ring (bicyclic) bond motifs is 1. The number of hydrogen-bond donors (Lipinski definition) is 0. The predicted molar refractivity (Wildman–Crippen MR) is 62.2 cm³/mol. The summed E-state index contributed by atoms with van der Waals surface area (Å²) in [5.74, 6) is -0.156. The lowest BCUT2D eigenvalue weighted by atomic mass is 10.1. The maximum Gasteiger partial charge on any atom is 0.128 e. The first kappa shape index (κ1) is 11.1. The van der Waals surface area contributed by atoms with Gasteiger partial charge >= 0.3 is 0 Å². The number of benzene rings is 1. The van der Waals surface area contributed by atoms with Crippen LogP contribution in [0.15, 0.2) is 18.2 Å². The standard InChI is InChI=1S/C13H16FNO/c1-9(2)15-10(6-7-16)8-11-12(14)4-3-5-13(11)15/h3-5,7,9-10H,6,8H2,1-2H3. The van der Waals surface area contributed by atoms with Crippen LogP contribution in [0.5, 0.6) is 0 Å². The Hall–Kier alpha value is -1.38. The van der Waals surface area contributed by atoms with Crippen molar-refractivity contribution in [1.82, 2.24) is 0 Å². The minimum atomic E-state index is -0.156. The molecule has 1 aromatic rings. The van der Waals surface area contributed by atoms with Crippen molar-refractivity contribution in [3.8, 4) is 0 Å². The van der Waals surface area contributed by atoms with Gasteiger partial charge < -0.3 is 9.69 Å². The molecule has 0 N–H and O–H groups in total. The summed E-state index contributed by atoms with van der Waals surface area (Å²) in [5.41, 5.74) is 1.70. The molecular weight excluding hydrogens is 205 g/mol. The van der Waals surface area contributed by atoms with E-state index < -0.39 is 0 Å². The largest absolute Gasteiger partial charge is 0.365 e. The van der Waals surface area contributed by atoms with Crippen molar-refractivity contribution in [3.05, 3.63) is 29.6 Å². The van der Waals surface area contributed by atoms with Crippen LogP contribution < -0.4 is 4.90 Å². The fourth-order valence-electron chi connectivity index (χ4n) is 2.53. The van der Waals surface area contributed by atoms with Gasteiger partial charge in [-0.2, -0.15) is 0 Å². The monoisotopic (exact) mass is 221 g/mol. The Balaban J connectivity index is 2.40. The first-order chi connectivity index (χ1) is 7.65. The highest BCUT2D eigenvalue weighted by Crippen LogP contribution is 2.36. The lowest BCUT2D eigenvalue weighted by Crippen LogP contribution is -2.37. The van der Waals surface area contributed by atoms with Crippen molar-refractivity contribution in [2.45, 2.75) is 38.8 Å². The van der Waals surface area contributed by atoms with E-state index in [1.54, 1.807) is 6.07 Å². The summed E-state index contributed by atoms with van der Waals surface area (Å²) in [4.78, 5) is 12.8. The van der Waals surface area contributed by atoms with E-state index >= 15 is 0 Å². The van der Waals surface area contributed by atoms with Crippen LogP contribution in [0.3, 0.4) is 0 Å². The number of halogens is 1. The van der Waals surface area contributed by atoms with Gasteiger partial charge in [-0.05, 0) is 32.4 Å². The third-order valence-electron chi connectivity index (χ3n) is 3.13. The molecular formula is C13H16FNO. The van der Waals surface area contributed by atoms with Crippen LogP contribution in [0.1, 0.15) is 25.8 Å². The molecule has 1 aromatic carbocycles. The SMILES string of the molecule is CC(C)N1c2cccc(F)c2CC1CC=O. The van der Waals surface area contributed by atoms with Crippen LogP contribution in [-0.2, 0) is 11.2 Å². The fraction of sp³-hybridized carbons (Fsp3) is 0.462. The smallest absolute Gasteiger partial charge is 0.128 e. The molecule has 2 nitrogen and oxygen atoms in total. The molecule has 0 saturated carbocycles. The van der Waals surface area contributed by atoms with Gasteiger partial charge in [-0.15, -0.1) is 0 Å². The minimum Gasteiger partial charge on any atom is -0.365 e. The van der Waals surface area contributed by atoms with E-state index in [1.807, 2.05) is 6.07 Å². The molecule has 0 fully saturated rings. The number of rotatable bonds is 3. The first-order valence-electron chi connectivity index (χ1n) is 5.64. The van der Waals surface area contributed by atoms with Crippen LogP contribution in [0, 0.1) is 5.82 Å². The molecule has 1 heterocycles. The molecule has 16 heavy (non-hydrogen) atoms. The second kappa shape index (κ2) is 4.24. The highest BCUT2D eigenvalue weighted by Gasteiger charge is 2.32. The van der Waals surface area contributed by atoms with Crippen LogP contribution in [0.25, 0.3) is 0 Å². The molecule has 0 radical (unpaired) electrons. The van der Waals surface area contributed by atoms with Gasteiger partial charge in [0.25, 0.3) is 0 Å². The maximum atomic E-state index is 13.6. The Morgan fingerprint density at radius 1 is 1.56 bits per heavy atom. The quantitative estimate of drug-likeness (QED) is 0.731. The van der Waals surface area contributed by atoms with E-state index in [9.17, 15) is 9.18 Å². The van der Waals surface area contributed by atoms with Crippen molar-refractivity contribution in [3.63, 3.8) is 0 Å². The molecule has 2 rings (SSSR count). The number of aldehydes is 1. The fourth-order valence-corrected chi connectivity index (χ4v) is 2.53. The van der Waals surface area contributed by atoms with Gasteiger partial charge in [-0.25, -0.2) is 4.39 Å². The van der Waals surface area contributed by atoms with E-state index in [2.05, 4.69) is 18.7 Å². The van der Waals surface area contributed by atoms with Gasteiger partial charge in [0.15, 0.2) is 0 Å². The summed E-state index contributed by atoms with van der Waals surface area (Å²) in [7, 11) is 0. The Morgan fingerprint density at radius 2 is 2.31 bits per heavy atom. The van der Waals surface area contributed by atoms with E-state index in [1.165, 1.54) is 6.07 Å². The molecule has 0 saturated heterocycles. The van der Waals surface area contributed by atoms with Crippen molar-refractivity contribution in [2.75, 3.05) is 4.90 Å². The Bertz CT molecular complexity index is 403. The second-order valence-electron chi connectivity index (χ2n) is 4.50. The van der Waals surface area contributed by atoms with Gasteiger partial charge in [0, 0.05) is 29.8 Å². The molecule has 0 amide bonds. The number of carbonyl (C=O) groups excluding carboxylic acids is 1.